The number of hydrogen-bond donors (Lipinski definition) is 1. The number of nitrogens with zero attached hydrogens (tertiary/aromatic N) is 5. The molecule has 0 radical (unpaired) electrons. The lowest BCUT2D eigenvalue weighted by Crippen LogP contribution is -2.35. The van der Waals surface area contributed by atoms with Crippen LogP contribution in [0, 0.1) is 0 Å². The number of likely N-dealkylation sites (N-methyl/N-ethyl adjacent to an activating group) is 1. The average Bonchev–Trinajstić information content (AvgIpc) is 2.91. The number of aromatic nitrogens is 4. The third-order valence-electron chi connectivity index (χ3n) is 3.21. The number of rotatable bonds is 7. The van der Waals surface area contributed by atoms with E-state index in [1.54, 1.807) is 11.7 Å². The van der Waals surface area contributed by atoms with Gasteiger partial charge in [-0.15, -0.1) is 5.10 Å². The van der Waals surface area contributed by atoms with Crippen LogP contribution >= 0.6 is 11.8 Å². The highest BCUT2D eigenvalue weighted by atomic mass is 32.2. The number of amides is 1. The van der Waals surface area contributed by atoms with Crippen molar-refractivity contribution in [1.82, 2.24) is 30.4 Å². The largest absolute Gasteiger partial charge is 0.353 e. The van der Waals surface area contributed by atoms with Crippen LogP contribution in [0.1, 0.15) is 11.6 Å². The van der Waals surface area contributed by atoms with Gasteiger partial charge in [-0.05, 0) is 30.1 Å². The maximum atomic E-state index is 12.0. The molecule has 0 bridgehead atoms. The van der Waals surface area contributed by atoms with Gasteiger partial charge < -0.3 is 10.2 Å². The van der Waals surface area contributed by atoms with E-state index in [1.807, 2.05) is 32.3 Å². The normalized spacial score (nSPS) is 12.4. The molecule has 0 spiro atoms. The zero-order chi connectivity index (χ0) is 15.9. The predicted octanol–water partition coefficient (Wildman–Crippen LogP) is 0.721. The highest BCUT2D eigenvalue weighted by Crippen LogP contribution is 2.17. The molecule has 0 aliphatic carbocycles. The van der Waals surface area contributed by atoms with Crippen LogP contribution in [0.5, 0.6) is 0 Å². The van der Waals surface area contributed by atoms with Gasteiger partial charge in [0.25, 0.3) is 0 Å². The van der Waals surface area contributed by atoms with E-state index in [2.05, 4.69) is 37.9 Å². The topological polar surface area (TPSA) is 75.9 Å². The van der Waals surface area contributed by atoms with Gasteiger partial charge in [0.2, 0.25) is 11.1 Å². The molecule has 0 saturated heterocycles. The number of nitrogens with one attached hydrogen (secondary N) is 1. The summed E-state index contributed by atoms with van der Waals surface area (Å²) in [5.74, 6) is 0.263. The smallest absolute Gasteiger partial charge is 0.230 e. The molecule has 0 aliphatic rings. The molecule has 1 unspecified atom stereocenters. The molecular formula is C14H20N6OS. The van der Waals surface area contributed by atoms with Crippen molar-refractivity contribution < 1.29 is 4.79 Å². The minimum atomic E-state index is -0.0317. The van der Waals surface area contributed by atoms with Gasteiger partial charge in [0.05, 0.1) is 11.8 Å². The Bertz CT molecular complexity index is 600. The molecule has 1 aromatic heterocycles. The number of hydrogen-bond acceptors (Lipinski definition) is 6. The zero-order valence-corrected chi connectivity index (χ0v) is 13.7. The van der Waals surface area contributed by atoms with Gasteiger partial charge in [0, 0.05) is 13.6 Å². The molecular weight excluding hydrogens is 300 g/mol. The van der Waals surface area contributed by atoms with E-state index < -0.39 is 0 Å². The van der Waals surface area contributed by atoms with Gasteiger partial charge in [-0.25, -0.2) is 4.68 Å². The highest BCUT2D eigenvalue weighted by Gasteiger charge is 2.15. The van der Waals surface area contributed by atoms with Gasteiger partial charge in [-0.1, -0.05) is 42.1 Å². The molecule has 8 heteroatoms. The number of carbonyl (C=O) groups is 1. The van der Waals surface area contributed by atoms with Crippen molar-refractivity contribution in [3.05, 3.63) is 35.9 Å². The van der Waals surface area contributed by atoms with Crippen LogP contribution in [-0.4, -0.2) is 57.4 Å². The van der Waals surface area contributed by atoms with Crippen molar-refractivity contribution in [1.29, 1.82) is 0 Å². The molecule has 1 atom stereocenters. The molecule has 2 rings (SSSR count). The maximum Gasteiger partial charge on any atom is 0.230 e. The number of aryl methyl sites for hydroxylation is 1. The van der Waals surface area contributed by atoms with E-state index >= 15 is 0 Å². The maximum absolute atomic E-state index is 12.0. The fourth-order valence-corrected chi connectivity index (χ4v) is 2.69. The third-order valence-corrected chi connectivity index (χ3v) is 4.22. The molecule has 1 N–H and O–H groups in total. The predicted molar refractivity (Wildman–Crippen MR) is 85.4 cm³/mol. The van der Waals surface area contributed by atoms with Gasteiger partial charge in [-0.2, -0.15) is 0 Å². The lowest BCUT2D eigenvalue weighted by Gasteiger charge is -2.25. The molecule has 22 heavy (non-hydrogen) atoms. The van der Waals surface area contributed by atoms with Crippen LogP contribution in [0.4, 0.5) is 0 Å². The van der Waals surface area contributed by atoms with E-state index in [-0.39, 0.29) is 11.9 Å². The summed E-state index contributed by atoms with van der Waals surface area (Å²) in [7, 11) is 5.76. The van der Waals surface area contributed by atoms with Crippen molar-refractivity contribution in [2.24, 2.45) is 7.05 Å². The zero-order valence-electron chi connectivity index (χ0n) is 12.9. The lowest BCUT2D eigenvalue weighted by atomic mass is 10.1. The molecule has 1 aromatic carbocycles. The van der Waals surface area contributed by atoms with Crippen molar-refractivity contribution >= 4 is 17.7 Å². The Morgan fingerprint density at radius 2 is 2.09 bits per heavy atom. The molecule has 0 fully saturated rings. The summed E-state index contributed by atoms with van der Waals surface area (Å²) < 4.78 is 1.55. The van der Waals surface area contributed by atoms with Crippen LogP contribution in [0.3, 0.4) is 0 Å². The molecule has 2 aromatic rings. The van der Waals surface area contributed by atoms with E-state index in [1.165, 1.54) is 17.3 Å². The Kier molecular flexibility index (Phi) is 5.91. The molecule has 0 saturated carbocycles. The number of benzene rings is 1. The second kappa shape index (κ2) is 7.90. The fraction of sp³-hybridized carbons (Fsp3) is 0.429. The van der Waals surface area contributed by atoms with Crippen LogP contribution in [-0.2, 0) is 11.8 Å². The van der Waals surface area contributed by atoms with E-state index in [0.717, 1.165) is 0 Å². The summed E-state index contributed by atoms with van der Waals surface area (Å²) in [6.45, 7) is 0.563. The Morgan fingerprint density at radius 3 is 2.68 bits per heavy atom. The number of thioether (sulfide) groups is 1. The van der Waals surface area contributed by atoms with Gasteiger partial charge in [0.15, 0.2) is 0 Å². The molecule has 118 valence electrons. The Hall–Kier alpha value is -1.93. The second-order valence-electron chi connectivity index (χ2n) is 5.07. The summed E-state index contributed by atoms with van der Waals surface area (Å²) in [4.78, 5) is 14.1. The van der Waals surface area contributed by atoms with Crippen molar-refractivity contribution in [2.45, 2.75) is 11.2 Å². The summed E-state index contributed by atoms with van der Waals surface area (Å²) >= 11 is 1.32. The molecule has 7 nitrogen and oxygen atoms in total. The first-order valence-electron chi connectivity index (χ1n) is 6.91. The van der Waals surface area contributed by atoms with Crippen LogP contribution < -0.4 is 5.32 Å². The Labute approximate surface area is 134 Å². The Morgan fingerprint density at radius 1 is 1.36 bits per heavy atom. The Balaban J connectivity index is 1.84. The number of carbonyl (C=O) groups excluding carboxylic acids is 1. The van der Waals surface area contributed by atoms with Crippen molar-refractivity contribution in [3.63, 3.8) is 0 Å². The summed E-state index contributed by atoms with van der Waals surface area (Å²) in [6.07, 6.45) is 0. The van der Waals surface area contributed by atoms with Gasteiger partial charge in [-0.3, -0.25) is 4.79 Å². The second-order valence-corrected chi connectivity index (χ2v) is 6.01. The summed E-state index contributed by atoms with van der Waals surface area (Å²) in [5, 5.41) is 14.7. The minimum Gasteiger partial charge on any atom is -0.353 e. The summed E-state index contributed by atoms with van der Waals surface area (Å²) in [6, 6.07) is 10.3. The third kappa shape index (κ3) is 4.54. The minimum absolute atomic E-state index is 0.0317. The average molecular weight is 320 g/mol. The lowest BCUT2D eigenvalue weighted by molar-refractivity contribution is -0.118. The number of tetrazole rings is 1. The highest BCUT2D eigenvalue weighted by molar-refractivity contribution is 7.99. The van der Waals surface area contributed by atoms with Gasteiger partial charge >= 0.3 is 0 Å². The van der Waals surface area contributed by atoms with Crippen LogP contribution in [0.25, 0.3) is 0 Å². The standard InChI is InChI=1S/C14H20N6OS/c1-19(2)12(11-7-5-4-6-8-11)9-15-13(21)10-22-14-16-17-18-20(14)3/h4-8,12H,9-10H2,1-3H3,(H,15,21). The van der Waals surface area contributed by atoms with Gasteiger partial charge in [0.1, 0.15) is 0 Å². The summed E-state index contributed by atoms with van der Waals surface area (Å²) in [5.41, 5.74) is 1.18. The van der Waals surface area contributed by atoms with Crippen molar-refractivity contribution in [2.75, 3.05) is 26.4 Å². The molecule has 0 aliphatic heterocycles. The first-order valence-corrected chi connectivity index (χ1v) is 7.89. The quantitative estimate of drug-likeness (QED) is 0.758. The van der Waals surface area contributed by atoms with E-state index in [4.69, 9.17) is 0 Å². The SMILES string of the molecule is CN(C)C(CNC(=O)CSc1nnnn1C)c1ccccc1. The van der Waals surface area contributed by atoms with Crippen LogP contribution in [0.2, 0.25) is 0 Å². The molecule has 1 amide bonds. The van der Waals surface area contributed by atoms with Crippen molar-refractivity contribution in [3.8, 4) is 0 Å². The van der Waals surface area contributed by atoms with E-state index in [9.17, 15) is 4.79 Å². The monoisotopic (exact) mass is 320 g/mol. The first-order chi connectivity index (χ1) is 10.6. The fourth-order valence-electron chi connectivity index (χ4n) is 2.01. The molecule has 1 heterocycles. The first kappa shape index (κ1) is 16.4. The van der Waals surface area contributed by atoms with E-state index in [0.29, 0.717) is 17.5 Å². The van der Waals surface area contributed by atoms with Crippen LogP contribution in [0.15, 0.2) is 35.5 Å².